The van der Waals surface area contributed by atoms with Gasteiger partial charge in [0, 0.05) is 27.5 Å². The molecule has 2 nitrogen and oxygen atoms in total. The summed E-state index contributed by atoms with van der Waals surface area (Å²) in [6, 6.07) is 36.2. The van der Waals surface area contributed by atoms with Crippen LogP contribution in [0.15, 0.2) is 103 Å². The molecule has 0 saturated heterocycles. The molecule has 3 aliphatic carbocycles. The molecule has 1 heterocycles. The second-order valence-electron chi connectivity index (χ2n) is 14.4. The van der Waals surface area contributed by atoms with Gasteiger partial charge in [-0.1, -0.05) is 136 Å². The van der Waals surface area contributed by atoms with E-state index in [1.807, 2.05) is 0 Å². The Labute approximate surface area is 279 Å². The van der Waals surface area contributed by atoms with E-state index in [0.29, 0.717) is 5.92 Å². The molecule has 5 aromatic rings. The van der Waals surface area contributed by atoms with Crippen molar-refractivity contribution >= 4 is 16.8 Å². The van der Waals surface area contributed by atoms with E-state index in [1.165, 1.54) is 120 Å². The van der Waals surface area contributed by atoms with Crippen LogP contribution in [0.25, 0.3) is 28.0 Å². The van der Waals surface area contributed by atoms with E-state index in [0.717, 1.165) is 17.1 Å². The Morgan fingerprint density at radius 2 is 1.30 bits per heavy atom. The number of methoxy groups -OCH3 is 1. The van der Waals surface area contributed by atoms with Crippen LogP contribution < -0.4 is 9.47 Å². The van der Waals surface area contributed by atoms with Gasteiger partial charge in [-0.2, -0.15) is 0 Å². The van der Waals surface area contributed by atoms with Crippen LogP contribution in [-0.2, 0) is 11.0 Å². The van der Waals surface area contributed by atoms with Crippen LogP contribution in [0.4, 0.5) is 0 Å². The normalized spacial score (nSPS) is 21.5. The molecule has 1 spiro atoms. The topological polar surface area (TPSA) is 18.5 Å². The summed E-state index contributed by atoms with van der Waals surface area (Å²) in [6.07, 6.45) is 19.0. The average Bonchev–Trinajstić information content (AvgIpc) is 3.24. The van der Waals surface area contributed by atoms with Gasteiger partial charge in [0.2, 0.25) is 0 Å². The average molecular weight is 617 g/mol. The van der Waals surface area contributed by atoms with Crippen molar-refractivity contribution in [2.24, 2.45) is 0 Å². The monoisotopic (exact) mass is 616 g/mol. The Morgan fingerprint density at radius 1 is 0.660 bits per heavy atom. The number of hydrogen-bond acceptors (Lipinski definition) is 2. The van der Waals surface area contributed by atoms with Gasteiger partial charge in [-0.25, -0.2) is 0 Å². The van der Waals surface area contributed by atoms with Gasteiger partial charge in [0.25, 0.3) is 0 Å². The van der Waals surface area contributed by atoms with Crippen molar-refractivity contribution in [1.82, 2.24) is 0 Å². The van der Waals surface area contributed by atoms with Crippen LogP contribution in [-0.4, -0.2) is 7.11 Å². The molecule has 236 valence electrons. The first kappa shape index (κ1) is 28.9. The fraction of sp³-hybridized carbons (Fsp3) is 0.333. The second-order valence-corrected chi connectivity index (χ2v) is 14.4. The molecule has 47 heavy (non-hydrogen) atoms. The summed E-state index contributed by atoms with van der Waals surface area (Å²) in [5, 5.41) is 2.50. The quantitative estimate of drug-likeness (QED) is 0.200. The zero-order valence-corrected chi connectivity index (χ0v) is 27.6. The highest BCUT2D eigenvalue weighted by Gasteiger charge is 2.48. The summed E-state index contributed by atoms with van der Waals surface area (Å²) in [4.78, 5) is 0. The number of hydrogen-bond donors (Lipinski definition) is 0. The third kappa shape index (κ3) is 4.44. The Kier molecular flexibility index (Phi) is 7.03. The minimum absolute atomic E-state index is 0.0198. The van der Waals surface area contributed by atoms with Gasteiger partial charge in [0.1, 0.15) is 11.5 Å². The summed E-state index contributed by atoms with van der Waals surface area (Å²) in [5.74, 6) is 2.54. The summed E-state index contributed by atoms with van der Waals surface area (Å²) in [7, 11) is 1.73. The van der Waals surface area contributed by atoms with Crippen molar-refractivity contribution < 1.29 is 9.47 Å². The summed E-state index contributed by atoms with van der Waals surface area (Å²) in [6.45, 7) is 0. The van der Waals surface area contributed by atoms with Crippen molar-refractivity contribution in [1.29, 1.82) is 0 Å². The molecule has 0 aromatic heterocycles. The van der Waals surface area contributed by atoms with Crippen molar-refractivity contribution in [2.45, 2.75) is 87.6 Å². The first-order valence-corrected chi connectivity index (χ1v) is 18.0. The van der Waals surface area contributed by atoms with Crippen LogP contribution in [0.2, 0.25) is 0 Å². The lowest BCUT2D eigenvalue weighted by Gasteiger charge is -2.39. The zero-order valence-electron chi connectivity index (χ0n) is 27.6. The molecule has 2 heteroatoms. The highest BCUT2D eigenvalue weighted by molar-refractivity contribution is 6.08. The van der Waals surface area contributed by atoms with E-state index in [9.17, 15) is 0 Å². The van der Waals surface area contributed by atoms with Crippen molar-refractivity contribution in [3.63, 3.8) is 0 Å². The van der Waals surface area contributed by atoms with Crippen LogP contribution in [0, 0.1) is 0 Å². The van der Waals surface area contributed by atoms with E-state index in [2.05, 4.69) is 109 Å². The fourth-order valence-electron chi connectivity index (χ4n) is 9.73. The maximum Gasteiger partial charge on any atom is 0.178 e. The molecule has 9 rings (SSSR count). The lowest BCUT2D eigenvalue weighted by Crippen LogP contribution is -2.35. The molecular formula is C45H44O2. The van der Waals surface area contributed by atoms with Gasteiger partial charge in [-0.15, -0.1) is 0 Å². The lowest BCUT2D eigenvalue weighted by atomic mass is 9.70. The standard InChI is InChI=1S/C45H44O2/c1-46-35-25-23-34(24-26-35)45(33-21-19-32(20-22-33)31-13-5-4-6-14-31)30-27-39-42-41(36-15-7-8-16-37(36)43(39)47-45)38-17-9-10-18-40(38)44(42)28-11-2-3-12-29-44/h7-10,15-27,30-31H,2-6,11-14,28-29H2,1H3. The van der Waals surface area contributed by atoms with E-state index < -0.39 is 5.60 Å². The van der Waals surface area contributed by atoms with Crippen LogP contribution in [0.5, 0.6) is 11.5 Å². The van der Waals surface area contributed by atoms with Gasteiger partial charge >= 0.3 is 0 Å². The van der Waals surface area contributed by atoms with E-state index in [1.54, 1.807) is 7.11 Å². The predicted octanol–water partition coefficient (Wildman–Crippen LogP) is 11.9. The molecule has 0 bridgehead atoms. The molecule has 2 fully saturated rings. The maximum atomic E-state index is 7.63. The molecule has 0 amide bonds. The molecule has 1 atom stereocenters. The number of fused-ring (bicyclic) bond motifs is 10. The van der Waals surface area contributed by atoms with Crippen LogP contribution in [0.1, 0.15) is 110 Å². The molecule has 0 N–H and O–H groups in total. The van der Waals surface area contributed by atoms with Gasteiger partial charge in [0.05, 0.1) is 7.11 Å². The van der Waals surface area contributed by atoms with E-state index in [-0.39, 0.29) is 5.41 Å². The van der Waals surface area contributed by atoms with Gasteiger partial charge in [-0.3, -0.25) is 0 Å². The highest BCUT2D eigenvalue weighted by atomic mass is 16.5. The van der Waals surface area contributed by atoms with Crippen molar-refractivity contribution in [2.75, 3.05) is 7.11 Å². The number of rotatable bonds is 4. The zero-order chi connectivity index (χ0) is 31.4. The summed E-state index contributed by atoms with van der Waals surface area (Å²) in [5.41, 5.74) is 10.2. The molecule has 1 aliphatic heterocycles. The van der Waals surface area contributed by atoms with Crippen LogP contribution >= 0.6 is 0 Å². The van der Waals surface area contributed by atoms with E-state index in [4.69, 9.17) is 9.47 Å². The van der Waals surface area contributed by atoms with Crippen molar-refractivity contribution in [3.8, 4) is 22.6 Å². The SMILES string of the molecule is COc1ccc(C2(c3ccc(C4CCCCC4)cc3)C=Cc3c4c(c5ccccc5c3O2)-c2ccccc2C42CCCCCC2)cc1. The summed E-state index contributed by atoms with van der Waals surface area (Å²) >= 11 is 0. The Bertz CT molecular complexity index is 1970. The first-order valence-electron chi connectivity index (χ1n) is 18.0. The van der Waals surface area contributed by atoms with Gasteiger partial charge < -0.3 is 9.47 Å². The van der Waals surface area contributed by atoms with Crippen molar-refractivity contribution in [3.05, 3.63) is 137 Å². The third-order valence-corrected chi connectivity index (χ3v) is 12.0. The lowest BCUT2D eigenvalue weighted by molar-refractivity contribution is 0.163. The number of ether oxygens (including phenoxy) is 2. The van der Waals surface area contributed by atoms with Gasteiger partial charge in [-0.05, 0) is 83.0 Å². The first-order chi connectivity index (χ1) is 23.2. The summed E-state index contributed by atoms with van der Waals surface area (Å²) < 4.78 is 13.2. The predicted molar refractivity (Wildman–Crippen MR) is 194 cm³/mol. The minimum atomic E-state index is -0.760. The third-order valence-electron chi connectivity index (χ3n) is 12.0. The maximum absolute atomic E-state index is 7.63. The molecule has 0 radical (unpaired) electrons. The molecule has 2 saturated carbocycles. The fourth-order valence-corrected chi connectivity index (χ4v) is 9.73. The molecular weight excluding hydrogens is 572 g/mol. The Balaban J connectivity index is 1.27. The number of benzene rings is 5. The highest BCUT2D eigenvalue weighted by Crippen LogP contribution is 2.61. The molecule has 1 unspecified atom stereocenters. The largest absolute Gasteiger partial charge is 0.497 e. The minimum Gasteiger partial charge on any atom is -0.497 e. The molecule has 4 aliphatic rings. The molecule has 5 aromatic carbocycles. The Morgan fingerprint density at radius 3 is 2.02 bits per heavy atom. The van der Waals surface area contributed by atoms with E-state index >= 15 is 0 Å². The second kappa shape index (κ2) is 11.4. The smallest absolute Gasteiger partial charge is 0.178 e. The van der Waals surface area contributed by atoms with Gasteiger partial charge in [0.15, 0.2) is 5.60 Å². The Hall–Kier alpha value is -4.30. The van der Waals surface area contributed by atoms with Crippen LogP contribution in [0.3, 0.4) is 0 Å².